The highest BCUT2D eigenvalue weighted by Gasteiger charge is 2.59. The molecule has 8 atom stereocenters. The molecule has 214 valence electrons. The average molecular weight is 536 g/mol. The number of carbonyl (C=O) groups is 1. The molecule has 39 heavy (non-hydrogen) atoms. The van der Waals surface area contributed by atoms with Gasteiger partial charge in [0.25, 0.3) is 5.69 Å². The molecule has 0 amide bonds. The van der Waals surface area contributed by atoms with Crippen molar-refractivity contribution in [2.45, 2.75) is 111 Å². The van der Waals surface area contributed by atoms with Crippen molar-refractivity contribution >= 4 is 11.7 Å². The summed E-state index contributed by atoms with van der Waals surface area (Å²) in [6.45, 7) is 12.4. The monoisotopic (exact) mass is 535 g/mol. The lowest BCUT2D eigenvalue weighted by atomic mass is 9.47. The third-order valence-corrected chi connectivity index (χ3v) is 11.8. The van der Waals surface area contributed by atoms with Gasteiger partial charge in [0.1, 0.15) is 6.10 Å². The largest absolute Gasteiger partial charge is 0.458 e. The molecule has 5 heteroatoms. The Morgan fingerprint density at radius 3 is 2.62 bits per heavy atom. The molecule has 3 saturated carbocycles. The van der Waals surface area contributed by atoms with Gasteiger partial charge >= 0.3 is 5.97 Å². The fourth-order valence-corrected chi connectivity index (χ4v) is 9.72. The number of hydrogen-bond acceptors (Lipinski definition) is 4. The van der Waals surface area contributed by atoms with E-state index in [-0.39, 0.29) is 22.8 Å². The number of nitro benzene ring substituents is 1. The number of benzene rings is 1. The minimum absolute atomic E-state index is 0.0786. The van der Waals surface area contributed by atoms with Crippen molar-refractivity contribution in [3.8, 4) is 0 Å². The minimum atomic E-state index is -0.471. The zero-order valence-corrected chi connectivity index (χ0v) is 24.8. The van der Waals surface area contributed by atoms with Crippen molar-refractivity contribution in [3.63, 3.8) is 0 Å². The van der Waals surface area contributed by atoms with E-state index in [0.717, 1.165) is 54.8 Å². The first-order valence-corrected chi connectivity index (χ1v) is 15.7. The quantitative estimate of drug-likeness (QED) is 0.144. The van der Waals surface area contributed by atoms with E-state index in [2.05, 4.69) is 40.7 Å². The Hall–Kier alpha value is -2.17. The van der Waals surface area contributed by atoms with E-state index < -0.39 is 10.9 Å². The lowest BCUT2D eigenvalue weighted by Gasteiger charge is -2.58. The molecule has 5 nitrogen and oxygen atoms in total. The van der Waals surface area contributed by atoms with Crippen LogP contribution in [0.5, 0.6) is 0 Å². The molecule has 1 aromatic rings. The highest BCUT2D eigenvalue weighted by molar-refractivity contribution is 5.90. The van der Waals surface area contributed by atoms with Crippen molar-refractivity contribution in [2.24, 2.45) is 46.3 Å². The number of non-ortho nitro benzene ring substituents is 1. The summed E-state index contributed by atoms with van der Waals surface area (Å²) in [4.78, 5) is 23.5. The Kier molecular flexibility index (Phi) is 8.01. The maximum Gasteiger partial charge on any atom is 0.338 e. The predicted molar refractivity (Wildman–Crippen MR) is 155 cm³/mol. The van der Waals surface area contributed by atoms with E-state index in [1.807, 2.05) is 0 Å². The maximum absolute atomic E-state index is 12.8. The number of carbonyl (C=O) groups excluding carboxylic acids is 1. The van der Waals surface area contributed by atoms with Crippen LogP contribution < -0.4 is 0 Å². The van der Waals surface area contributed by atoms with Crippen LogP contribution in [0, 0.1) is 56.5 Å². The molecule has 0 aliphatic heterocycles. The van der Waals surface area contributed by atoms with E-state index in [9.17, 15) is 14.9 Å². The summed E-state index contributed by atoms with van der Waals surface area (Å²) in [7, 11) is 0. The zero-order chi connectivity index (χ0) is 27.9. The van der Waals surface area contributed by atoms with Gasteiger partial charge < -0.3 is 4.74 Å². The number of nitrogens with zero attached hydrogens (tertiary/aromatic N) is 1. The van der Waals surface area contributed by atoms with Gasteiger partial charge in [0.05, 0.1) is 10.5 Å². The molecule has 1 aromatic carbocycles. The SMILES string of the molecule is CC(C)CCC[C@H](C)[C@@H]1CC[C@@H]2[C@H]3CC=C4C[C@@H](OC(=O)c5cccc([N+](=O)[O-])c5)CC[C@]4(C)[C@@H]3CC[C@]21C. The van der Waals surface area contributed by atoms with Crippen molar-refractivity contribution in [1.29, 1.82) is 0 Å². The lowest BCUT2D eigenvalue weighted by molar-refractivity contribution is -0.384. The fraction of sp³-hybridized carbons (Fsp3) is 0.735. The van der Waals surface area contributed by atoms with Gasteiger partial charge in [-0.25, -0.2) is 4.79 Å². The number of hydrogen-bond donors (Lipinski definition) is 0. The van der Waals surface area contributed by atoms with Crippen molar-refractivity contribution in [2.75, 3.05) is 0 Å². The van der Waals surface area contributed by atoms with E-state index in [1.54, 1.807) is 12.1 Å². The molecule has 0 saturated heterocycles. The summed E-state index contributed by atoms with van der Waals surface area (Å²) in [5.41, 5.74) is 2.37. The van der Waals surface area contributed by atoms with Gasteiger partial charge in [0.15, 0.2) is 0 Å². The van der Waals surface area contributed by atoms with Crippen LogP contribution in [0.25, 0.3) is 0 Å². The molecule has 4 aliphatic carbocycles. The number of ether oxygens (including phenoxy) is 1. The molecule has 3 fully saturated rings. The number of nitro groups is 1. The molecule has 5 rings (SSSR count). The van der Waals surface area contributed by atoms with Crippen molar-refractivity contribution in [1.82, 2.24) is 0 Å². The van der Waals surface area contributed by atoms with Crippen LogP contribution in [-0.4, -0.2) is 17.0 Å². The Labute approximate surface area is 235 Å². The molecular formula is C34H49NO4. The topological polar surface area (TPSA) is 69.4 Å². The Bertz CT molecular complexity index is 1110. The molecular weight excluding hydrogens is 486 g/mol. The third-order valence-electron chi connectivity index (χ3n) is 11.8. The summed E-state index contributed by atoms with van der Waals surface area (Å²) in [5, 5.41) is 11.1. The lowest BCUT2D eigenvalue weighted by Crippen LogP contribution is -2.51. The molecule has 0 spiro atoms. The van der Waals surface area contributed by atoms with Gasteiger partial charge in [-0.05, 0) is 97.3 Å². The highest BCUT2D eigenvalue weighted by atomic mass is 16.6. The average Bonchev–Trinajstić information content (AvgIpc) is 3.26. The minimum Gasteiger partial charge on any atom is -0.458 e. The van der Waals surface area contributed by atoms with Gasteiger partial charge in [-0.2, -0.15) is 0 Å². The molecule has 4 aliphatic rings. The van der Waals surface area contributed by atoms with Crippen LogP contribution in [0.2, 0.25) is 0 Å². The number of esters is 1. The second-order valence-corrected chi connectivity index (χ2v) is 14.4. The smallest absolute Gasteiger partial charge is 0.338 e. The molecule has 0 N–H and O–H groups in total. The number of fused-ring (bicyclic) bond motifs is 5. The first kappa shape index (κ1) is 28.4. The van der Waals surface area contributed by atoms with E-state index in [1.165, 1.54) is 69.1 Å². The molecule has 0 bridgehead atoms. The number of allylic oxidation sites excluding steroid dienone is 1. The van der Waals surface area contributed by atoms with Crippen LogP contribution in [0.4, 0.5) is 5.69 Å². The van der Waals surface area contributed by atoms with Gasteiger partial charge in [-0.15, -0.1) is 0 Å². The summed E-state index contributed by atoms with van der Waals surface area (Å²) in [6, 6.07) is 5.87. The van der Waals surface area contributed by atoms with E-state index in [0.29, 0.717) is 5.41 Å². The van der Waals surface area contributed by atoms with Crippen LogP contribution >= 0.6 is 0 Å². The third kappa shape index (κ3) is 5.32. The second kappa shape index (κ2) is 11.0. The summed E-state index contributed by atoms with van der Waals surface area (Å²) in [5.74, 6) is 4.42. The van der Waals surface area contributed by atoms with Crippen LogP contribution in [-0.2, 0) is 4.74 Å². The van der Waals surface area contributed by atoms with Crippen LogP contribution in [0.1, 0.15) is 116 Å². The van der Waals surface area contributed by atoms with Gasteiger partial charge in [0, 0.05) is 18.6 Å². The van der Waals surface area contributed by atoms with Gasteiger partial charge in [0.2, 0.25) is 0 Å². The Morgan fingerprint density at radius 2 is 1.87 bits per heavy atom. The molecule has 0 unspecified atom stereocenters. The standard InChI is InChI=1S/C34H49NO4/c1-22(2)8-6-9-23(3)29-14-15-30-28-13-12-25-21-27(16-18-33(25,4)31(28)17-19-34(29,30)5)39-32(36)24-10-7-11-26(20-24)35(37)38/h7,10-12,20,22-23,27-31H,6,8-9,13-19,21H2,1-5H3/t23-,27-,28+,29-,30+,31+,33-,34-/m0/s1. The van der Waals surface area contributed by atoms with E-state index >= 15 is 0 Å². The highest BCUT2D eigenvalue weighted by Crippen LogP contribution is 2.67. The van der Waals surface area contributed by atoms with Gasteiger partial charge in [-0.3, -0.25) is 10.1 Å². The van der Waals surface area contributed by atoms with E-state index in [4.69, 9.17) is 4.74 Å². The normalized spacial score (nSPS) is 36.4. The summed E-state index contributed by atoms with van der Waals surface area (Å²) >= 11 is 0. The second-order valence-electron chi connectivity index (χ2n) is 14.4. The van der Waals surface area contributed by atoms with Crippen molar-refractivity contribution in [3.05, 3.63) is 51.6 Å². The fourth-order valence-electron chi connectivity index (χ4n) is 9.72. The molecule has 0 aromatic heterocycles. The van der Waals surface area contributed by atoms with Crippen LogP contribution in [0.15, 0.2) is 35.9 Å². The summed E-state index contributed by atoms with van der Waals surface area (Å²) in [6.07, 6.45) is 15.9. The molecule has 0 radical (unpaired) electrons. The predicted octanol–water partition coefficient (Wildman–Crippen LogP) is 9.16. The number of rotatable bonds is 8. The molecule has 0 heterocycles. The maximum atomic E-state index is 12.8. The first-order valence-electron chi connectivity index (χ1n) is 15.7. The van der Waals surface area contributed by atoms with Crippen molar-refractivity contribution < 1.29 is 14.5 Å². The Balaban J connectivity index is 1.25. The first-order chi connectivity index (χ1) is 18.5. The zero-order valence-electron chi connectivity index (χ0n) is 24.8. The summed E-state index contributed by atoms with van der Waals surface area (Å²) < 4.78 is 5.91. The Morgan fingerprint density at radius 1 is 1.08 bits per heavy atom. The van der Waals surface area contributed by atoms with Gasteiger partial charge in [-0.1, -0.05) is 71.6 Å². The van der Waals surface area contributed by atoms with Crippen LogP contribution in [0.3, 0.4) is 0 Å².